The first kappa shape index (κ1) is 20.9. The number of fused-ring (bicyclic) bond motifs is 1. The van der Waals surface area contributed by atoms with Crippen molar-refractivity contribution in [2.24, 2.45) is 5.92 Å². The van der Waals surface area contributed by atoms with Crippen LogP contribution in [-0.2, 0) is 16.6 Å². The van der Waals surface area contributed by atoms with Gasteiger partial charge in [-0.2, -0.15) is 0 Å². The fourth-order valence-corrected chi connectivity index (χ4v) is 4.65. The van der Waals surface area contributed by atoms with Crippen molar-refractivity contribution in [2.75, 3.05) is 11.9 Å². The van der Waals surface area contributed by atoms with Gasteiger partial charge in [-0.05, 0) is 71.4 Å². The van der Waals surface area contributed by atoms with Gasteiger partial charge in [0, 0.05) is 30.9 Å². The Hall–Kier alpha value is -1.80. The number of aromatic nitrogens is 1. The Morgan fingerprint density at radius 2 is 1.86 bits per heavy atom. The fourth-order valence-electron chi connectivity index (χ4n) is 3.62. The molecule has 2 aromatic rings. The number of hydrogen-bond donors (Lipinski definition) is 2. The molecule has 0 unspecified atom stereocenters. The molecule has 0 saturated heterocycles. The third-order valence-corrected chi connectivity index (χ3v) is 7.81. The van der Waals surface area contributed by atoms with Gasteiger partial charge in [0.25, 0.3) is 0 Å². The zero-order chi connectivity index (χ0) is 20.5. The number of sulfonamides is 1. The maximum absolute atomic E-state index is 12.3. The van der Waals surface area contributed by atoms with Crippen LogP contribution in [0.5, 0.6) is 0 Å². The Morgan fingerprint density at radius 1 is 1.18 bits per heavy atom. The standard InChI is InChI=1S/C20H31N3O4S/c1-5-23-17-11-10-16(12-18(17)27-19(23)24)21-13-14-6-8-15(9-7-14)22-28(25,26)20(2,3)4/h10-12,14-15,21-22H,5-9,13H2,1-4H3/t14-,15-. The lowest BCUT2D eigenvalue weighted by atomic mass is 9.86. The molecule has 0 aliphatic heterocycles. The average Bonchev–Trinajstić information content (AvgIpc) is 2.94. The highest BCUT2D eigenvalue weighted by molar-refractivity contribution is 7.90. The Labute approximate surface area is 166 Å². The molecule has 1 heterocycles. The van der Waals surface area contributed by atoms with Crippen molar-refractivity contribution in [1.82, 2.24) is 9.29 Å². The molecule has 0 atom stereocenters. The summed E-state index contributed by atoms with van der Waals surface area (Å²) in [6, 6.07) is 5.77. The summed E-state index contributed by atoms with van der Waals surface area (Å²) in [5.41, 5.74) is 2.34. The lowest BCUT2D eigenvalue weighted by molar-refractivity contribution is 0.322. The topological polar surface area (TPSA) is 93.3 Å². The molecule has 1 aliphatic carbocycles. The van der Waals surface area contributed by atoms with E-state index in [1.807, 2.05) is 25.1 Å². The van der Waals surface area contributed by atoms with Gasteiger partial charge in [-0.25, -0.2) is 17.9 Å². The van der Waals surface area contributed by atoms with Gasteiger partial charge in [0.2, 0.25) is 10.0 Å². The normalized spacial score (nSPS) is 21.1. The number of rotatable bonds is 6. The van der Waals surface area contributed by atoms with E-state index in [-0.39, 0.29) is 11.8 Å². The van der Waals surface area contributed by atoms with Crippen molar-refractivity contribution in [3.05, 3.63) is 28.7 Å². The zero-order valence-corrected chi connectivity index (χ0v) is 17.9. The SMILES string of the molecule is CCn1c(=O)oc2cc(NC[C@H]3CC[C@H](NS(=O)(=O)C(C)(C)C)CC3)ccc21. The van der Waals surface area contributed by atoms with E-state index in [9.17, 15) is 13.2 Å². The number of nitrogens with one attached hydrogen (secondary N) is 2. The zero-order valence-electron chi connectivity index (χ0n) is 17.1. The summed E-state index contributed by atoms with van der Waals surface area (Å²) in [5, 5.41) is 3.43. The lowest BCUT2D eigenvalue weighted by Crippen LogP contribution is -2.46. The molecule has 28 heavy (non-hydrogen) atoms. The van der Waals surface area contributed by atoms with Gasteiger partial charge in [0.1, 0.15) is 0 Å². The summed E-state index contributed by atoms with van der Waals surface area (Å²) >= 11 is 0. The van der Waals surface area contributed by atoms with E-state index in [2.05, 4.69) is 10.0 Å². The fraction of sp³-hybridized carbons (Fsp3) is 0.650. The second-order valence-electron chi connectivity index (χ2n) is 8.63. The first-order valence-electron chi connectivity index (χ1n) is 10.00. The number of oxazole rings is 1. The van der Waals surface area contributed by atoms with Crippen molar-refractivity contribution in [3.63, 3.8) is 0 Å². The molecule has 156 valence electrons. The quantitative estimate of drug-likeness (QED) is 0.763. The minimum absolute atomic E-state index is 0.0277. The molecule has 1 saturated carbocycles. The van der Waals surface area contributed by atoms with Crippen LogP contribution in [0.15, 0.2) is 27.4 Å². The molecular weight excluding hydrogens is 378 g/mol. The molecule has 0 bridgehead atoms. The van der Waals surface area contributed by atoms with Crippen LogP contribution in [0.2, 0.25) is 0 Å². The highest BCUT2D eigenvalue weighted by atomic mass is 32.2. The first-order chi connectivity index (χ1) is 13.1. The molecule has 3 rings (SSSR count). The molecule has 8 heteroatoms. The Balaban J connectivity index is 1.53. The van der Waals surface area contributed by atoms with E-state index < -0.39 is 14.8 Å². The summed E-state index contributed by atoms with van der Waals surface area (Å²) < 4.78 is 33.6. The van der Waals surface area contributed by atoms with Crippen LogP contribution in [0.1, 0.15) is 53.4 Å². The smallest absolute Gasteiger partial charge is 0.408 e. The molecule has 1 fully saturated rings. The Kier molecular flexibility index (Phi) is 5.91. The van der Waals surface area contributed by atoms with Gasteiger partial charge in [-0.3, -0.25) is 4.57 Å². The Morgan fingerprint density at radius 3 is 2.46 bits per heavy atom. The predicted molar refractivity (Wildman–Crippen MR) is 112 cm³/mol. The van der Waals surface area contributed by atoms with Crippen LogP contribution in [-0.4, -0.2) is 30.3 Å². The summed E-state index contributed by atoms with van der Waals surface area (Å²) in [4.78, 5) is 11.8. The molecule has 1 aromatic carbocycles. The maximum atomic E-state index is 12.3. The highest BCUT2D eigenvalue weighted by Crippen LogP contribution is 2.27. The lowest BCUT2D eigenvalue weighted by Gasteiger charge is -2.31. The Bertz CT molecular complexity index is 977. The van der Waals surface area contributed by atoms with E-state index in [0.717, 1.165) is 43.4 Å². The largest absolute Gasteiger partial charge is 0.419 e. The molecule has 7 nitrogen and oxygen atoms in total. The molecule has 1 aromatic heterocycles. The van der Waals surface area contributed by atoms with Crippen LogP contribution in [0.3, 0.4) is 0 Å². The summed E-state index contributed by atoms with van der Waals surface area (Å²) in [7, 11) is -3.30. The number of aryl methyl sites for hydroxylation is 1. The monoisotopic (exact) mass is 409 g/mol. The minimum Gasteiger partial charge on any atom is -0.408 e. The van der Waals surface area contributed by atoms with Crippen molar-refractivity contribution in [1.29, 1.82) is 0 Å². The third kappa shape index (κ3) is 4.43. The van der Waals surface area contributed by atoms with E-state index in [0.29, 0.717) is 18.0 Å². The van der Waals surface area contributed by atoms with E-state index in [1.54, 1.807) is 25.3 Å². The van der Waals surface area contributed by atoms with Crippen LogP contribution in [0, 0.1) is 5.92 Å². The average molecular weight is 410 g/mol. The molecule has 0 spiro atoms. The molecule has 0 radical (unpaired) electrons. The van der Waals surface area contributed by atoms with E-state index in [1.165, 1.54) is 0 Å². The van der Waals surface area contributed by atoms with Crippen molar-refractivity contribution in [3.8, 4) is 0 Å². The number of anilines is 1. The van der Waals surface area contributed by atoms with Crippen LogP contribution in [0.4, 0.5) is 5.69 Å². The minimum atomic E-state index is -3.30. The van der Waals surface area contributed by atoms with Gasteiger partial charge >= 0.3 is 5.76 Å². The van der Waals surface area contributed by atoms with Gasteiger partial charge < -0.3 is 9.73 Å². The molecule has 0 amide bonds. The van der Waals surface area contributed by atoms with Crippen LogP contribution >= 0.6 is 0 Å². The maximum Gasteiger partial charge on any atom is 0.419 e. The van der Waals surface area contributed by atoms with Gasteiger partial charge in [-0.1, -0.05) is 0 Å². The molecular formula is C20H31N3O4S. The summed E-state index contributed by atoms with van der Waals surface area (Å²) in [5.74, 6) is 0.170. The summed E-state index contributed by atoms with van der Waals surface area (Å²) in [6.07, 6.45) is 3.67. The van der Waals surface area contributed by atoms with E-state index >= 15 is 0 Å². The third-order valence-electron chi connectivity index (χ3n) is 5.55. The van der Waals surface area contributed by atoms with E-state index in [4.69, 9.17) is 4.42 Å². The predicted octanol–water partition coefficient (Wildman–Crippen LogP) is 3.30. The number of hydrogen-bond acceptors (Lipinski definition) is 5. The highest BCUT2D eigenvalue weighted by Gasteiger charge is 2.32. The first-order valence-corrected chi connectivity index (χ1v) is 11.5. The second kappa shape index (κ2) is 7.91. The van der Waals surface area contributed by atoms with Gasteiger partial charge in [-0.15, -0.1) is 0 Å². The molecule has 1 aliphatic rings. The van der Waals surface area contributed by atoms with Crippen LogP contribution < -0.4 is 15.8 Å². The molecule has 2 N–H and O–H groups in total. The van der Waals surface area contributed by atoms with Crippen LogP contribution in [0.25, 0.3) is 11.1 Å². The van der Waals surface area contributed by atoms with Crippen molar-refractivity contribution >= 4 is 26.8 Å². The summed E-state index contributed by atoms with van der Waals surface area (Å²) in [6.45, 7) is 8.49. The number of benzene rings is 1. The van der Waals surface area contributed by atoms with Crippen molar-refractivity contribution in [2.45, 2.75) is 70.7 Å². The van der Waals surface area contributed by atoms with Gasteiger partial charge in [0.15, 0.2) is 5.58 Å². The van der Waals surface area contributed by atoms with Crippen molar-refractivity contribution < 1.29 is 12.8 Å². The van der Waals surface area contributed by atoms with Gasteiger partial charge in [0.05, 0.1) is 10.3 Å². The number of nitrogens with zero attached hydrogens (tertiary/aromatic N) is 1. The second-order valence-corrected chi connectivity index (χ2v) is 11.1.